The summed E-state index contributed by atoms with van der Waals surface area (Å²) in [5.41, 5.74) is -3.58. The van der Waals surface area contributed by atoms with E-state index >= 15 is 0 Å². The molecule has 0 aliphatic rings. The topological polar surface area (TPSA) is 55.8 Å². The number of aliphatic hydroxyl groups excluding tert-OH is 1. The van der Waals surface area contributed by atoms with Gasteiger partial charge in [-0.2, -0.15) is 8.78 Å². The van der Waals surface area contributed by atoms with Gasteiger partial charge in [0.05, 0.1) is 12.2 Å². The average Bonchev–Trinajstić information content (AvgIpc) is 2.11. The van der Waals surface area contributed by atoms with Gasteiger partial charge in [-0.15, -0.1) is 0 Å². The van der Waals surface area contributed by atoms with Crippen LogP contribution < -0.4 is 0 Å². The van der Waals surface area contributed by atoms with Crippen molar-refractivity contribution in [1.82, 2.24) is 0 Å². The minimum atomic E-state index is -4.51. The first kappa shape index (κ1) is 17.0. The van der Waals surface area contributed by atoms with Gasteiger partial charge in [0.1, 0.15) is 0 Å². The highest BCUT2D eigenvalue weighted by molar-refractivity contribution is 7.55. The molecule has 104 valence electrons. The van der Waals surface area contributed by atoms with Crippen molar-refractivity contribution in [2.75, 3.05) is 6.61 Å². The van der Waals surface area contributed by atoms with Gasteiger partial charge in [0.2, 0.25) is 0 Å². The second kappa shape index (κ2) is 6.78. The Morgan fingerprint density at radius 2 is 1.59 bits per heavy atom. The molecule has 1 N–H and O–H groups in total. The van der Waals surface area contributed by atoms with Crippen LogP contribution in [0.2, 0.25) is 0 Å². The van der Waals surface area contributed by atoms with Crippen LogP contribution in [0.1, 0.15) is 40.5 Å². The Bertz CT molecular complexity index is 255. The van der Waals surface area contributed by atoms with E-state index in [1.54, 1.807) is 0 Å². The minimum absolute atomic E-state index is 0.153. The molecule has 0 radical (unpaired) electrons. The zero-order chi connectivity index (χ0) is 13.7. The number of rotatable bonds is 8. The first-order valence-corrected chi connectivity index (χ1v) is 7.14. The molecule has 0 spiro atoms. The molecule has 17 heavy (non-hydrogen) atoms. The summed E-state index contributed by atoms with van der Waals surface area (Å²) in [7, 11) is -4.51. The first-order valence-electron chi connectivity index (χ1n) is 5.60. The molecule has 0 amide bonds. The van der Waals surface area contributed by atoms with Gasteiger partial charge in [0, 0.05) is 13.0 Å². The molecule has 0 saturated heterocycles. The second-order valence-corrected chi connectivity index (χ2v) is 6.37. The Morgan fingerprint density at radius 3 is 1.88 bits per heavy atom. The molecule has 4 nitrogen and oxygen atoms in total. The Labute approximate surface area is 101 Å². The van der Waals surface area contributed by atoms with Gasteiger partial charge in [-0.05, 0) is 34.1 Å². The lowest BCUT2D eigenvalue weighted by Gasteiger charge is -2.29. The normalized spacial score (nSPS) is 13.7. The van der Waals surface area contributed by atoms with Crippen molar-refractivity contribution in [1.29, 1.82) is 0 Å². The summed E-state index contributed by atoms with van der Waals surface area (Å²) in [6, 6.07) is 0. The van der Waals surface area contributed by atoms with E-state index in [0.717, 1.165) is 0 Å². The Morgan fingerprint density at radius 1 is 1.18 bits per heavy atom. The van der Waals surface area contributed by atoms with Gasteiger partial charge < -0.3 is 14.2 Å². The number of hydrogen-bond acceptors (Lipinski definition) is 4. The third-order valence-corrected chi connectivity index (χ3v) is 4.16. The predicted molar refractivity (Wildman–Crippen MR) is 61.3 cm³/mol. The fourth-order valence-corrected chi connectivity index (χ4v) is 3.06. The third-order valence-electron chi connectivity index (χ3n) is 1.74. The molecule has 0 aromatic carbocycles. The largest absolute Gasteiger partial charge is 0.400 e. The Hall–Kier alpha value is -0.0300. The van der Waals surface area contributed by atoms with Crippen LogP contribution in [-0.2, 0) is 13.6 Å². The lowest BCUT2D eigenvalue weighted by Crippen LogP contribution is -2.24. The fraction of sp³-hybridized carbons (Fsp3) is 1.00. The lowest BCUT2D eigenvalue weighted by atomic mass is 10.3. The van der Waals surface area contributed by atoms with E-state index in [1.165, 1.54) is 27.7 Å². The van der Waals surface area contributed by atoms with Crippen molar-refractivity contribution >= 4 is 7.60 Å². The zero-order valence-electron chi connectivity index (χ0n) is 10.7. The van der Waals surface area contributed by atoms with Crippen molar-refractivity contribution in [3.63, 3.8) is 0 Å². The van der Waals surface area contributed by atoms with Crippen molar-refractivity contribution in [3.05, 3.63) is 0 Å². The van der Waals surface area contributed by atoms with Crippen molar-refractivity contribution < 1.29 is 27.5 Å². The molecular formula is C10H21F2O4P. The smallest absolute Gasteiger partial charge is 0.396 e. The number of hydrogen-bond donors (Lipinski definition) is 1. The highest BCUT2D eigenvalue weighted by Crippen LogP contribution is 2.64. The van der Waals surface area contributed by atoms with E-state index < -0.39 is 31.9 Å². The van der Waals surface area contributed by atoms with E-state index in [-0.39, 0.29) is 13.0 Å². The van der Waals surface area contributed by atoms with Gasteiger partial charge in [0.15, 0.2) is 0 Å². The Kier molecular flexibility index (Phi) is 6.77. The molecule has 0 aliphatic carbocycles. The molecule has 0 bridgehead atoms. The van der Waals surface area contributed by atoms with Crippen LogP contribution >= 0.6 is 7.60 Å². The molecule has 0 atom stereocenters. The van der Waals surface area contributed by atoms with E-state index in [4.69, 9.17) is 14.2 Å². The lowest BCUT2D eigenvalue weighted by molar-refractivity contribution is 0.00988. The highest BCUT2D eigenvalue weighted by Gasteiger charge is 2.53. The van der Waals surface area contributed by atoms with E-state index in [0.29, 0.717) is 0 Å². The predicted octanol–water partition coefficient (Wildman–Crippen LogP) is 3.39. The van der Waals surface area contributed by atoms with Crippen molar-refractivity contribution in [2.45, 2.75) is 58.4 Å². The number of halogens is 2. The molecule has 0 saturated carbocycles. The van der Waals surface area contributed by atoms with Crippen molar-refractivity contribution in [3.8, 4) is 0 Å². The maximum absolute atomic E-state index is 13.8. The zero-order valence-corrected chi connectivity index (χ0v) is 11.5. The number of aliphatic hydroxyl groups is 1. The molecule has 0 aromatic rings. The average molecular weight is 274 g/mol. The molecule has 0 heterocycles. The second-order valence-electron chi connectivity index (χ2n) is 4.30. The van der Waals surface area contributed by atoms with Crippen LogP contribution in [0, 0.1) is 0 Å². The summed E-state index contributed by atoms with van der Waals surface area (Å²) in [6.45, 7) is 5.66. The highest BCUT2D eigenvalue weighted by atomic mass is 31.2. The van der Waals surface area contributed by atoms with Crippen molar-refractivity contribution in [2.24, 2.45) is 0 Å². The molecule has 0 fully saturated rings. The number of alkyl halides is 2. The van der Waals surface area contributed by atoms with Crippen LogP contribution in [0.5, 0.6) is 0 Å². The SMILES string of the molecule is CC(C)OP(=O)(OC(C)C)C(F)(F)CCCO. The summed E-state index contributed by atoms with van der Waals surface area (Å²) < 4.78 is 49.2. The van der Waals surface area contributed by atoms with Crippen LogP contribution in [0.25, 0.3) is 0 Å². The summed E-state index contributed by atoms with van der Waals surface area (Å²) in [5, 5.41) is 8.55. The van der Waals surface area contributed by atoms with Gasteiger partial charge in [-0.25, -0.2) is 0 Å². The fourth-order valence-electron chi connectivity index (χ4n) is 1.16. The van der Waals surface area contributed by atoms with Crippen LogP contribution in [0.3, 0.4) is 0 Å². The summed E-state index contributed by atoms with van der Waals surface area (Å²) >= 11 is 0. The third kappa shape index (κ3) is 5.42. The van der Waals surface area contributed by atoms with Crippen LogP contribution in [-0.4, -0.2) is 29.6 Å². The maximum Gasteiger partial charge on any atom is 0.400 e. The summed E-state index contributed by atoms with van der Waals surface area (Å²) in [5.74, 6) is 0. The molecule has 0 unspecified atom stereocenters. The van der Waals surface area contributed by atoms with Gasteiger partial charge >= 0.3 is 13.3 Å². The summed E-state index contributed by atoms with van der Waals surface area (Å²) in [6.07, 6.45) is -2.13. The van der Waals surface area contributed by atoms with E-state index in [2.05, 4.69) is 0 Å². The minimum Gasteiger partial charge on any atom is -0.396 e. The molecule has 0 aromatic heterocycles. The van der Waals surface area contributed by atoms with E-state index in [9.17, 15) is 13.3 Å². The molecule has 7 heteroatoms. The van der Waals surface area contributed by atoms with Gasteiger partial charge in [0.25, 0.3) is 0 Å². The molecule has 0 rings (SSSR count). The van der Waals surface area contributed by atoms with E-state index in [1.807, 2.05) is 0 Å². The Balaban J connectivity index is 4.94. The summed E-state index contributed by atoms with van der Waals surface area (Å²) in [4.78, 5) is 0. The van der Waals surface area contributed by atoms with Gasteiger partial charge in [-0.1, -0.05) is 0 Å². The first-order chi connectivity index (χ1) is 7.64. The maximum atomic E-state index is 13.8. The molecule has 0 aliphatic heterocycles. The van der Waals surface area contributed by atoms with Crippen LogP contribution in [0.4, 0.5) is 8.78 Å². The van der Waals surface area contributed by atoms with Gasteiger partial charge in [-0.3, -0.25) is 4.57 Å². The van der Waals surface area contributed by atoms with Crippen LogP contribution in [0.15, 0.2) is 0 Å². The quantitative estimate of drug-likeness (QED) is 0.689. The standard InChI is InChI=1S/C10H21F2O4P/c1-8(2)15-17(14,16-9(3)4)10(11,12)6-5-7-13/h8-9,13H,5-7H2,1-4H3. The monoisotopic (exact) mass is 274 g/mol. The molecular weight excluding hydrogens is 253 g/mol.